The van der Waals surface area contributed by atoms with Crippen molar-refractivity contribution in [3.8, 4) is 6.07 Å². The molecule has 0 bridgehead atoms. The summed E-state index contributed by atoms with van der Waals surface area (Å²) < 4.78 is 0. The normalized spacial score (nSPS) is 15.1. The van der Waals surface area contributed by atoms with Gasteiger partial charge in [0.1, 0.15) is 11.1 Å². The summed E-state index contributed by atoms with van der Waals surface area (Å²) in [6, 6.07) is 3.78. The summed E-state index contributed by atoms with van der Waals surface area (Å²) in [6.45, 7) is 3.57. The molecule has 0 saturated carbocycles. The van der Waals surface area contributed by atoms with Gasteiger partial charge in [-0.1, -0.05) is 0 Å². The van der Waals surface area contributed by atoms with Crippen molar-refractivity contribution in [2.24, 2.45) is 0 Å². The smallest absolute Gasteiger partial charge is 0.319 e. The molecule has 1 aliphatic heterocycles. The molecule has 0 atom stereocenters. The molecule has 0 spiro atoms. The van der Waals surface area contributed by atoms with Crippen LogP contribution in [0.1, 0.15) is 12.0 Å². The second kappa shape index (κ2) is 7.94. The van der Waals surface area contributed by atoms with Gasteiger partial charge in [0.25, 0.3) is 0 Å². The van der Waals surface area contributed by atoms with Gasteiger partial charge in [-0.05, 0) is 11.4 Å². The summed E-state index contributed by atoms with van der Waals surface area (Å²) in [4.78, 5) is 29.4. The SMILES string of the molecule is CN(C)C(=O)N1CCN(CCC(=O)Nc2sccc2C#N)CC1. The molecule has 1 aromatic rings. The van der Waals surface area contributed by atoms with E-state index < -0.39 is 0 Å². The number of piperazine rings is 1. The molecule has 7 nitrogen and oxygen atoms in total. The van der Waals surface area contributed by atoms with E-state index in [1.165, 1.54) is 11.3 Å². The van der Waals surface area contributed by atoms with Gasteiger partial charge >= 0.3 is 6.03 Å². The van der Waals surface area contributed by atoms with Gasteiger partial charge in [-0.15, -0.1) is 11.3 Å². The summed E-state index contributed by atoms with van der Waals surface area (Å²) in [5.74, 6) is -0.0873. The Hall–Kier alpha value is -2.11. The van der Waals surface area contributed by atoms with E-state index in [1.54, 1.807) is 30.4 Å². The van der Waals surface area contributed by atoms with E-state index in [0.717, 1.165) is 13.1 Å². The van der Waals surface area contributed by atoms with Crippen molar-refractivity contribution in [3.05, 3.63) is 17.0 Å². The third-order valence-electron chi connectivity index (χ3n) is 3.72. The number of anilines is 1. The number of hydrogen-bond donors (Lipinski definition) is 1. The summed E-state index contributed by atoms with van der Waals surface area (Å²) in [7, 11) is 3.50. The monoisotopic (exact) mass is 335 g/mol. The van der Waals surface area contributed by atoms with Crippen LogP contribution in [0.5, 0.6) is 0 Å². The van der Waals surface area contributed by atoms with E-state index in [2.05, 4.69) is 16.3 Å². The zero-order valence-corrected chi connectivity index (χ0v) is 14.2. The number of nitrogens with zero attached hydrogens (tertiary/aromatic N) is 4. The Labute approximate surface area is 140 Å². The molecule has 8 heteroatoms. The fraction of sp³-hybridized carbons (Fsp3) is 0.533. The summed E-state index contributed by atoms with van der Waals surface area (Å²) >= 11 is 1.35. The Balaban J connectivity index is 1.72. The van der Waals surface area contributed by atoms with Crippen LogP contribution in [0.4, 0.5) is 9.80 Å². The number of carbonyl (C=O) groups excluding carboxylic acids is 2. The molecule has 1 aliphatic rings. The lowest BCUT2D eigenvalue weighted by molar-refractivity contribution is -0.116. The minimum absolute atomic E-state index is 0.0316. The van der Waals surface area contributed by atoms with Crippen LogP contribution in [-0.2, 0) is 4.79 Å². The number of urea groups is 1. The third kappa shape index (κ3) is 4.68. The van der Waals surface area contributed by atoms with Gasteiger partial charge in [0, 0.05) is 53.2 Å². The topological polar surface area (TPSA) is 79.7 Å². The highest BCUT2D eigenvalue weighted by Crippen LogP contribution is 2.22. The van der Waals surface area contributed by atoms with E-state index in [9.17, 15) is 9.59 Å². The average Bonchev–Trinajstić information content (AvgIpc) is 2.99. The van der Waals surface area contributed by atoms with Crippen molar-refractivity contribution in [1.29, 1.82) is 5.26 Å². The average molecular weight is 335 g/mol. The Morgan fingerprint density at radius 1 is 1.35 bits per heavy atom. The van der Waals surface area contributed by atoms with Crippen LogP contribution < -0.4 is 5.32 Å². The van der Waals surface area contributed by atoms with Crippen molar-refractivity contribution in [2.75, 3.05) is 52.1 Å². The maximum Gasteiger partial charge on any atom is 0.319 e. The van der Waals surface area contributed by atoms with Gasteiger partial charge in [0.05, 0.1) is 5.56 Å². The highest BCUT2D eigenvalue weighted by molar-refractivity contribution is 7.14. The first-order valence-corrected chi connectivity index (χ1v) is 8.35. The molecule has 3 amide bonds. The van der Waals surface area contributed by atoms with E-state index in [-0.39, 0.29) is 11.9 Å². The molecule has 0 radical (unpaired) electrons. The van der Waals surface area contributed by atoms with Crippen LogP contribution in [0.3, 0.4) is 0 Å². The molecule has 1 saturated heterocycles. The lowest BCUT2D eigenvalue weighted by Gasteiger charge is -2.35. The maximum absolute atomic E-state index is 12.0. The zero-order chi connectivity index (χ0) is 16.8. The highest BCUT2D eigenvalue weighted by atomic mass is 32.1. The first kappa shape index (κ1) is 17.2. The first-order valence-electron chi connectivity index (χ1n) is 7.47. The van der Waals surface area contributed by atoms with Crippen LogP contribution in [0.2, 0.25) is 0 Å². The van der Waals surface area contributed by atoms with Crippen LogP contribution in [-0.4, -0.2) is 73.5 Å². The second-order valence-electron chi connectivity index (χ2n) is 5.58. The maximum atomic E-state index is 12.0. The van der Waals surface area contributed by atoms with Crippen molar-refractivity contribution in [1.82, 2.24) is 14.7 Å². The largest absolute Gasteiger partial charge is 0.331 e. The van der Waals surface area contributed by atoms with E-state index in [0.29, 0.717) is 36.6 Å². The van der Waals surface area contributed by atoms with Crippen LogP contribution in [0.25, 0.3) is 0 Å². The highest BCUT2D eigenvalue weighted by Gasteiger charge is 2.22. The van der Waals surface area contributed by atoms with Crippen molar-refractivity contribution < 1.29 is 9.59 Å². The number of rotatable bonds is 4. The Morgan fingerprint density at radius 2 is 2.04 bits per heavy atom. The van der Waals surface area contributed by atoms with Crippen molar-refractivity contribution in [2.45, 2.75) is 6.42 Å². The molecule has 124 valence electrons. The Bertz CT molecular complexity index is 599. The number of thiophene rings is 1. The standard InChI is InChI=1S/C15H21N5O2S/c1-18(2)15(22)20-8-6-19(7-9-20)5-3-13(21)17-14-12(11-16)4-10-23-14/h4,10H,3,5-9H2,1-2H3,(H,17,21). The number of hydrogen-bond acceptors (Lipinski definition) is 5. The molecular weight excluding hydrogens is 314 g/mol. The molecule has 1 fully saturated rings. The van der Waals surface area contributed by atoms with E-state index >= 15 is 0 Å². The van der Waals surface area contributed by atoms with Crippen molar-refractivity contribution >= 4 is 28.3 Å². The van der Waals surface area contributed by atoms with Gasteiger partial charge in [-0.2, -0.15) is 5.26 Å². The van der Waals surface area contributed by atoms with Gasteiger partial charge < -0.3 is 15.1 Å². The Morgan fingerprint density at radius 3 is 2.65 bits per heavy atom. The molecule has 1 N–H and O–H groups in total. The number of nitriles is 1. The number of carbonyl (C=O) groups is 2. The zero-order valence-electron chi connectivity index (χ0n) is 13.4. The minimum Gasteiger partial charge on any atom is -0.331 e. The lowest BCUT2D eigenvalue weighted by Crippen LogP contribution is -2.51. The van der Waals surface area contributed by atoms with Gasteiger partial charge in [0.2, 0.25) is 5.91 Å². The van der Waals surface area contributed by atoms with Crippen LogP contribution >= 0.6 is 11.3 Å². The van der Waals surface area contributed by atoms with Crippen LogP contribution in [0, 0.1) is 11.3 Å². The summed E-state index contributed by atoms with van der Waals surface area (Å²) in [5, 5.41) is 14.1. The summed E-state index contributed by atoms with van der Waals surface area (Å²) in [5.41, 5.74) is 0.499. The predicted octanol–water partition coefficient (Wildman–Crippen LogP) is 1.25. The molecule has 0 unspecified atom stereocenters. The molecule has 0 aromatic carbocycles. The predicted molar refractivity (Wildman–Crippen MR) is 89.4 cm³/mol. The Kier molecular flexibility index (Phi) is 5.96. The third-order valence-corrected chi connectivity index (χ3v) is 4.55. The van der Waals surface area contributed by atoms with E-state index in [1.807, 2.05) is 4.90 Å². The fourth-order valence-electron chi connectivity index (χ4n) is 2.39. The first-order chi connectivity index (χ1) is 11.0. The molecule has 2 rings (SSSR count). The minimum atomic E-state index is -0.0873. The van der Waals surface area contributed by atoms with Crippen LogP contribution in [0.15, 0.2) is 11.4 Å². The fourth-order valence-corrected chi connectivity index (χ4v) is 3.14. The molecule has 23 heavy (non-hydrogen) atoms. The number of nitrogens with one attached hydrogen (secondary N) is 1. The van der Waals surface area contributed by atoms with E-state index in [4.69, 9.17) is 5.26 Å². The summed E-state index contributed by atoms with van der Waals surface area (Å²) in [6.07, 6.45) is 0.379. The lowest BCUT2D eigenvalue weighted by atomic mass is 10.3. The van der Waals surface area contributed by atoms with Gasteiger partial charge in [-0.3, -0.25) is 9.69 Å². The molecule has 1 aromatic heterocycles. The molecular formula is C15H21N5O2S. The molecule has 2 heterocycles. The van der Waals surface area contributed by atoms with Gasteiger partial charge in [0.15, 0.2) is 0 Å². The second-order valence-corrected chi connectivity index (χ2v) is 6.50. The quantitative estimate of drug-likeness (QED) is 0.898. The van der Waals surface area contributed by atoms with Crippen molar-refractivity contribution in [3.63, 3.8) is 0 Å². The van der Waals surface area contributed by atoms with Gasteiger partial charge in [-0.25, -0.2) is 4.79 Å². The molecule has 0 aliphatic carbocycles. The number of amides is 3.